The van der Waals surface area contributed by atoms with Crippen molar-refractivity contribution >= 4 is 17.7 Å². The van der Waals surface area contributed by atoms with Crippen molar-refractivity contribution in [2.75, 3.05) is 0 Å². The lowest BCUT2D eigenvalue weighted by Gasteiger charge is -2.20. The van der Waals surface area contributed by atoms with E-state index in [0.717, 1.165) is 6.07 Å². The number of benzene rings is 1. The Labute approximate surface area is 134 Å². The first kappa shape index (κ1) is 18.8. The van der Waals surface area contributed by atoms with Crippen LogP contribution in [0.5, 0.6) is 0 Å². The zero-order valence-corrected chi connectivity index (χ0v) is 14.5. The van der Waals surface area contributed by atoms with Crippen LogP contribution in [-0.4, -0.2) is 10.5 Å². The molecule has 0 aliphatic heterocycles. The summed E-state index contributed by atoms with van der Waals surface area (Å²) in [4.78, 5) is 0. The first-order chi connectivity index (χ1) is 10.0. The third kappa shape index (κ3) is 4.38. The molecule has 122 valence electrons. The normalized spacial score (nSPS) is 13.4. The number of hydrogen-bond donors (Lipinski definition) is 0. The van der Waals surface area contributed by atoms with E-state index in [1.165, 1.54) is 24.1 Å². The van der Waals surface area contributed by atoms with Crippen molar-refractivity contribution in [2.24, 2.45) is 4.40 Å². The summed E-state index contributed by atoms with van der Waals surface area (Å²) in [6.07, 6.45) is 0.0869. The fraction of sp³-hybridized carbons (Fsp3) is 0.471. The van der Waals surface area contributed by atoms with E-state index in [2.05, 4.69) is 11.0 Å². The molecule has 0 aliphatic carbocycles. The van der Waals surface area contributed by atoms with E-state index in [0.29, 0.717) is 5.71 Å². The Kier molecular flexibility index (Phi) is 5.90. The standard InChI is InChI=1S/C17H22F3NS/c1-7-11(2)17(19,20)14-10-8-9-13(15(14)18)12(3)21-22-16(4,5)6/h8-10H,2,7H2,1,3-6H3/b21-12-. The van der Waals surface area contributed by atoms with E-state index in [4.69, 9.17) is 0 Å². The third-order valence-corrected chi connectivity index (χ3v) is 3.97. The molecule has 1 rings (SSSR count). The Morgan fingerprint density at radius 2 is 1.86 bits per heavy atom. The van der Waals surface area contributed by atoms with Gasteiger partial charge in [-0.1, -0.05) is 25.6 Å². The molecule has 0 spiro atoms. The van der Waals surface area contributed by atoms with Crippen LogP contribution < -0.4 is 0 Å². The minimum Gasteiger partial charge on any atom is -0.220 e. The van der Waals surface area contributed by atoms with Gasteiger partial charge in [-0.05, 0) is 57.7 Å². The molecule has 0 fully saturated rings. The largest absolute Gasteiger partial charge is 0.297 e. The maximum absolute atomic E-state index is 14.5. The number of hydrogen-bond acceptors (Lipinski definition) is 2. The van der Waals surface area contributed by atoms with Gasteiger partial charge in [-0.25, -0.2) is 8.79 Å². The summed E-state index contributed by atoms with van der Waals surface area (Å²) < 4.78 is 47.1. The van der Waals surface area contributed by atoms with E-state index >= 15 is 0 Å². The lowest BCUT2D eigenvalue weighted by atomic mass is 9.96. The molecule has 0 saturated carbocycles. The van der Waals surface area contributed by atoms with E-state index in [1.807, 2.05) is 20.8 Å². The zero-order chi connectivity index (χ0) is 17.1. The number of alkyl halides is 2. The molecule has 1 aromatic carbocycles. The molecule has 0 saturated heterocycles. The molecule has 0 aromatic heterocycles. The lowest BCUT2D eigenvalue weighted by molar-refractivity contribution is 0.0315. The highest BCUT2D eigenvalue weighted by molar-refractivity contribution is 7.99. The fourth-order valence-corrected chi connectivity index (χ4v) is 2.23. The highest BCUT2D eigenvalue weighted by Gasteiger charge is 2.37. The van der Waals surface area contributed by atoms with Gasteiger partial charge in [0.25, 0.3) is 5.92 Å². The first-order valence-corrected chi connectivity index (χ1v) is 7.86. The summed E-state index contributed by atoms with van der Waals surface area (Å²) in [5.41, 5.74) is -0.468. The van der Waals surface area contributed by atoms with Crippen LogP contribution in [0, 0.1) is 5.82 Å². The van der Waals surface area contributed by atoms with Crippen LogP contribution in [0.2, 0.25) is 0 Å². The van der Waals surface area contributed by atoms with Crippen LogP contribution in [-0.2, 0) is 5.92 Å². The Morgan fingerprint density at radius 1 is 1.27 bits per heavy atom. The quantitative estimate of drug-likeness (QED) is 0.359. The van der Waals surface area contributed by atoms with Gasteiger partial charge >= 0.3 is 0 Å². The van der Waals surface area contributed by atoms with E-state index in [1.54, 1.807) is 13.8 Å². The molecule has 0 bridgehead atoms. The van der Waals surface area contributed by atoms with E-state index < -0.39 is 17.3 Å². The number of rotatable bonds is 5. The molecule has 0 radical (unpaired) electrons. The van der Waals surface area contributed by atoms with Crippen molar-refractivity contribution in [2.45, 2.75) is 51.7 Å². The number of halogens is 3. The number of nitrogens with zero attached hydrogens (tertiary/aromatic N) is 1. The van der Waals surface area contributed by atoms with Gasteiger partial charge in [0.05, 0.1) is 11.3 Å². The SMILES string of the molecule is C=C(CC)C(F)(F)c1cccc(/C(C)=N\SC(C)(C)C)c1F. The molecule has 0 N–H and O–H groups in total. The topological polar surface area (TPSA) is 12.4 Å². The molecular formula is C17H22F3NS. The van der Waals surface area contributed by atoms with Crippen molar-refractivity contribution in [3.63, 3.8) is 0 Å². The zero-order valence-electron chi connectivity index (χ0n) is 13.6. The lowest BCUT2D eigenvalue weighted by Crippen LogP contribution is -2.19. The minimum atomic E-state index is -3.38. The van der Waals surface area contributed by atoms with Crippen LogP contribution in [0.3, 0.4) is 0 Å². The average molecular weight is 329 g/mol. The van der Waals surface area contributed by atoms with Gasteiger partial charge in [0, 0.05) is 10.3 Å². The highest BCUT2D eigenvalue weighted by atomic mass is 32.2. The molecule has 0 atom stereocenters. The Hall–Kier alpha value is -1.23. The molecule has 22 heavy (non-hydrogen) atoms. The predicted octanol–water partition coefficient (Wildman–Crippen LogP) is 6.14. The number of allylic oxidation sites excluding steroid dienone is 1. The molecule has 5 heteroatoms. The summed E-state index contributed by atoms with van der Waals surface area (Å²) in [7, 11) is 0. The average Bonchev–Trinajstić information content (AvgIpc) is 2.43. The second kappa shape index (κ2) is 6.90. The van der Waals surface area contributed by atoms with Crippen LogP contribution in [0.15, 0.2) is 34.7 Å². The summed E-state index contributed by atoms with van der Waals surface area (Å²) in [6.45, 7) is 12.5. The molecule has 0 unspecified atom stereocenters. The molecule has 0 heterocycles. The first-order valence-electron chi connectivity index (χ1n) is 7.09. The van der Waals surface area contributed by atoms with Crippen molar-refractivity contribution in [1.29, 1.82) is 0 Å². The van der Waals surface area contributed by atoms with Crippen LogP contribution in [0.4, 0.5) is 13.2 Å². The molecule has 0 amide bonds. The van der Waals surface area contributed by atoms with Crippen LogP contribution in [0.1, 0.15) is 52.2 Å². The van der Waals surface area contributed by atoms with Gasteiger partial charge in [-0.3, -0.25) is 0 Å². The summed E-state index contributed by atoms with van der Waals surface area (Å²) in [5, 5.41) is 0. The van der Waals surface area contributed by atoms with Gasteiger partial charge in [0.1, 0.15) is 5.82 Å². The van der Waals surface area contributed by atoms with Crippen molar-refractivity contribution < 1.29 is 13.2 Å². The maximum Gasteiger partial charge on any atom is 0.297 e. The van der Waals surface area contributed by atoms with Gasteiger partial charge in [0.2, 0.25) is 0 Å². The fourth-order valence-electron chi connectivity index (χ4n) is 1.72. The summed E-state index contributed by atoms with van der Waals surface area (Å²) in [6, 6.07) is 3.99. The van der Waals surface area contributed by atoms with Gasteiger partial charge in [-0.15, -0.1) is 0 Å². The van der Waals surface area contributed by atoms with E-state index in [-0.39, 0.29) is 22.3 Å². The predicted molar refractivity (Wildman–Crippen MR) is 89.3 cm³/mol. The van der Waals surface area contributed by atoms with Crippen LogP contribution >= 0.6 is 11.9 Å². The Morgan fingerprint density at radius 3 is 2.36 bits per heavy atom. The molecular weight excluding hydrogens is 307 g/mol. The highest BCUT2D eigenvalue weighted by Crippen LogP contribution is 2.38. The van der Waals surface area contributed by atoms with Crippen molar-refractivity contribution in [1.82, 2.24) is 0 Å². The monoisotopic (exact) mass is 329 g/mol. The summed E-state index contributed by atoms with van der Waals surface area (Å²) >= 11 is 1.29. The Balaban J connectivity index is 3.27. The molecule has 1 nitrogen and oxygen atoms in total. The molecule has 0 aliphatic rings. The summed E-state index contributed by atoms with van der Waals surface area (Å²) in [5.74, 6) is -4.32. The van der Waals surface area contributed by atoms with Crippen molar-refractivity contribution in [3.8, 4) is 0 Å². The van der Waals surface area contributed by atoms with Crippen LogP contribution in [0.25, 0.3) is 0 Å². The smallest absolute Gasteiger partial charge is 0.220 e. The second-order valence-electron chi connectivity index (χ2n) is 6.08. The minimum absolute atomic E-state index is 0.0869. The Bertz CT molecular complexity index is 586. The molecule has 1 aromatic rings. The van der Waals surface area contributed by atoms with Crippen molar-refractivity contribution in [3.05, 3.63) is 47.3 Å². The van der Waals surface area contributed by atoms with Gasteiger partial charge in [-0.2, -0.15) is 8.78 Å². The van der Waals surface area contributed by atoms with E-state index in [9.17, 15) is 13.2 Å². The second-order valence-corrected chi connectivity index (χ2v) is 7.67. The van der Waals surface area contributed by atoms with Gasteiger partial charge in [0.15, 0.2) is 0 Å². The maximum atomic E-state index is 14.5. The third-order valence-electron chi connectivity index (χ3n) is 3.05. The van der Waals surface area contributed by atoms with Gasteiger partial charge < -0.3 is 0 Å².